The van der Waals surface area contributed by atoms with Crippen LogP contribution in [0.3, 0.4) is 0 Å². The van der Waals surface area contributed by atoms with Crippen molar-refractivity contribution in [2.75, 3.05) is 5.73 Å². The van der Waals surface area contributed by atoms with E-state index in [9.17, 15) is 4.39 Å². The molecule has 0 aromatic heterocycles. The van der Waals surface area contributed by atoms with Crippen molar-refractivity contribution in [2.24, 2.45) is 0 Å². The minimum atomic E-state index is -0.627. The number of nitrogens with two attached hydrogens (primary N) is 1. The van der Waals surface area contributed by atoms with Crippen molar-refractivity contribution in [3.8, 4) is 6.07 Å². The molecule has 1 aromatic carbocycles. The molecule has 2 N–H and O–H groups in total. The number of nitriles is 1. The molecular formula is C8H6ClFN2. The predicted molar refractivity (Wildman–Crippen MR) is 45.1 cm³/mol. The molecule has 0 saturated heterocycles. The lowest BCUT2D eigenvalue weighted by Gasteiger charge is -2.01. The molecule has 0 aliphatic rings. The Morgan fingerprint density at radius 1 is 1.58 bits per heavy atom. The van der Waals surface area contributed by atoms with Crippen molar-refractivity contribution in [1.29, 1.82) is 5.26 Å². The van der Waals surface area contributed by atoms with Crippen molar-refractivity contribution < 1.29 is 4.39 Å². The highest BCUT2D eigenvalue weighted by atomic mass is 35.5. The van der Waals surface area contributed by atoms with E-state index in [2.05, 4.69) is 0 Å². The molecule has 0 aliphatic carbocycles. The molecule has 0 spiro atoms. The Labute approximate surface area is 74.4 Å². The van der Waals surface area contributed by atoms with Gasteiger partial charge in [-0.05, 0) is 17.7 Å². The molecule has 0 aliphatic heterocycles. The standard InChI is InChI=1S/C8H6ClFN2/c9-6-3-5(1-2-11)4-7(12)8(6)10/h3-4H,1,12H2. The molecule has 1 rings (SSSR count). The molecule has 12 heavy (non-hydrogen) atoms. The van der Waals surface area contributed by atoms with Crippen LogP contribution in [0, 0.1) is 17.1 Å². The molecule has 0 unspecified atom stereocenters. The van der Waals surface area contributed by atoms with Gasteiger partial charge in [-0.25, -0.2) is 4.39 Å². The van der Waals surface area contributed by atoms with Crippen LogP contribution < -0.4 is 5.73 Å². The van der Waals surface area contributed by atoms with E-state index in [-0.39, 0.29) is 17.1 Å². The van der Waals surface area contributed by atoms with E-state index in [4.69, 9.17) is 22.6 Å². The molecule has 62 valence electrons. The lowest BCUT2D eigenvalue weighted by molar-refractivity contribution is 0.632. The lowest BCUT2D eigenvalue weighted by atomic mass is 10.1. The summed E-state index contributed by atoms with van der Waals surface area (Å²) in [5, 5.41) is 8.30. The number of halogens is 2. The number of nitrogen functional groups attached to an aromatic ring is 1. The van der Waals surface area contributed by atoms with Crippen molar-refractivity contribution in [2.45, 2.75) is 6.42 Å². The van der Waals surface area contributed by atoms with Gasteiger partial charge in [-0.3, -0.25) is 0 Å². The Hall–Kier alpha value is -1.27. The minimum Gasteiger partial charge on any atom is -0.396 e. The van der Waals surface area contributed by atoms with Crippen LogP contribution >= 0.6 is 11.6 Å². The topological polar surface area (TPSA) is 49.8 Å². The second-order valence-electron chi connectivity index (χ2n) is 2.32. The van der Waals surface area contributed by atoms with E-state index >= 15 is 0 Å². The average Bonchev–Trinajstić information content (AvgIpc) is 2.01. The SMILES string of the molecule is N#CCc1cc(N)c(F)c(Cl)c1. The summed E-state index contributed by atoms with van der Waals surface area (Å²) in [6, 6.07) is 4.73. The highest BCUT2D eigenvalue weighted by Crippen LogP contribution is 2.22. The second-order valence-corrected chi connectivity index (χ2v) is 2.72. The van der Waals surface area contributed by atoms with Crippen LogP contribution in [-0.2, 0) is 6.42 Å². The third-order valence-corrected chi connectivity index (χ3v) is 1.67. The van der Waals surface area contributed by atoms with E-state index in [1.807, 2.05) is 6.07 Å². The summed E-state index contributed by atoms with van der Waals surface area (Å²) in [5.74, 6) is -0.627. The van der Waals surface area contributed by atoms with Crippen LogP contribution in [0.15, 0.2) is 12.1 Å². The Morgan fingerprint density at radius 3 is 2.75 bits per heavy atom. The van der Waals surface area contributed by atoms with E-state index in [0.717, 1.165) is 0 Å². The summed E-state index contributed by atoms with van der Waals surface area (Å²) in [6.45, 7) is 0. The zero-order valence-electron chi connectivity index (χ0n) is 6.14. The van der Waals surface area contributed by atoms with Crippen molar-refractivity contribution in [3.05, 3.63) is 28.5 Å². The van der Waals surface area contributed by atoms with E-state index < -0.39 is 5.82 Å². The maximum absolute atomic E-state index is 12.8. The highest BCUT2D eigenvalue weighted by molar-refractivity contribution is 6.31. The van der Waals surface area contributed by atoms with Gasteiger partial charge in [0.05, 0.1) is 23.2 Å². The quantitative estimate of drug-likeness (QED) is 0.680. The normalized spacial score (nSPS) is 9.42. The van der Waals surface area contributed by atoms with E-state index in [1.165, 1.54) is 12.1 Å². The zero-order valence-corrected chi connectivity index (χ0v) is 6.90. The van der Waals surface area contributed by atoms with Gasteiger partial charge in [0.15, 0.2) is 5.82 Å². The monoisotopic (exact) mass is 184 g/mol. The van der Waals surface area contributed by atoms with Gasteiger partial charge in [-0.2, -0.15) is 5.26 Å². The van der Waals surface area contributed by atoms with Crippen molar-refractivity contribution in [1.82, 2.24) is 0 Å². The van der Waals surface area contributed by atoms with Crippen LogP contribution in [0.2, 0.25) is 5.02 Å². The largest absolute Gasteiger partial charge is 0.396 e. The molecule has 0 saturated carbocycles. The average molecular weight is 185 g/mol. The summed E-state index contributed by atoms with van der Waals surface area (Å²) < 4.78 is 12.8. The fourth-order valence-corrected chi connectivity index (χ4v) is 1.11. The first-order valence-electron chi connectivity index (χ1n) is 3.25. The number of nitrogens with zero attached hydrogens (tertiary/aromatic N) is 1. The molecule has 4 heteroatoms. The Kier molecular flexibility index (Phi) is 2.51. The first-order valence-corrected chi connectivity index (χ1v) is 3.63. The number of rotatable bonds is 1. The maximum Gasteiger partial charge on any atom is 0.164 e. The summed E-state index contributed by atoms with van der Waals surface area (Å²) in [4.78, 5) is 0. The molecule has 1 aromatic rings. The van der Waals surface area contributed by atoms with Gasteiger partial charge in [-0.15, -0.1) is 0 Å². The number of benzene rings is 1. The van der Waals surface area contributed by atoms with Gasteiger partial charge in [0.25, 0.3) is 0 Å². The molecule has 0 fully saturated rings. The van der Waals surface area contributed by atoms with Crippen molar-refractivity contribution >= 4 is 17.3 Å². The molecule has 0 bridgehead atoms. The fraction of sp³-hybridized carbons (Fsp3) is 0.125. The summed E-state index contributed by atoms with van der Waals surface area (Å²) in [5.41, 5.74) is 5.89. The van der Waals surface area contributed by atoms with Crippen LogP contribution in [0.4, 0.5) is 10.1 Å². The van der Waals surface area contributed by atoms with Crippen LogP contribution in [0.1, 0.15) is 5.56 Å². The number of hydrogen-bond donors (Lipinski definition) is 1. The van der Waals surface area contributed by atoms with Gasteiger partial charge >= 0.3 is 0 Å². The third-order valence-electron chi connectivity index (χ3n) is 1.40. The Bertz CT molecular complexity index is 320. The van der Waals surface area contributed by atoms with Gasteiger partial charge in [-0.1, -0.05) is 11.6 Å². The molecule has 2 nitrogen and oxygen atoms in total. The van der Waals surface area contributed by atoms with Crippen LogP contribution in [0.25, 0.3) is 0 Å². The second kappa shape index (κ2) is 3.42. The molecule has 0 atom stereocenters. The zero-order chi connectivity index (χ0) is 9.14. The predicted octanol–water partition coefficient (Wildman–Crippen LogP) is 2.13. The van der Waals surface area contributed by atoms with Crippen molar-refractivity contribution in [3.63, 3.8) is 0 Å². The summed E-state index contributed by atoms with van der Waals surface area (Å²) in [6.07, 6.45) is 0.185. The van der Waals surface area contributed by atoms with E-state index in [1.54, 1.807) is 0 Å². The maximum atomic E-state index is 12.8. The van der Waals surface area contributed by atoms with Gasteiger partial charge < -0.3 is 5.73 Å². The summed E-state index contributed by atoms with van der Waals surface area (Å²) >= 11 is 5.49. The Balaban J connectivity index is 3.14. The first-order chi connectivity index (χ1) is 5.65. The number of hydrogen-bond acceptors (Lipinski definition) is 2. The Morgan fingerprint density at radius 2 is 2.25 bits per heavy atom. The number of anilines is 1. The van der Waals surface area contributed by atoms with Crippen LogP contribution in [0.5, 0.6) is 0 Å². The third kappa shape index (κ3) is 1.66. The smallest absolute Gasteiger partial charge is 0.164 e. The molecule has 0 amide bonds. The highest BCUT2D eigenvalue weighted by Gasteiger charge is 2.05. The van der Waals surface area contributed by atoms with Crippen LogP contribution in [-0.4, -0.2) is 0 Å². The minimum absolute atomic E-state index is 0.0206. The van der Waals surface area contributed by atoms with Gasteiger partial charge in [0, 0.05) is 0 Å². The van der Waals surface area contributed by atoms with Gasteiger partial charge in [0.1, 0.15) is 0 Å². The van der Waals surface area contributed by atoms with E-state index in [0.29, 0.717) is 5.56 Å². The molecule has 0 radical (unpaired) electrons. The van der Waals surface area contributed by atoms with Gasteiger partial charge in [0.2, 0.25) is 0 Å². The molecular weight excluding hydrogens is 179 g/mol. The fourth-order valence-electron chi connectivity index (χ4n) is 0.862. The first kappa shape index (κ1) is 8.82. The molecule has 0 heterocycles. The lowest BCUT2D eigenvalue weighted by Crippen LogP contribution is -1.94. The summed E-state index contributed by atoms with van der Waals surface area (Å²) in [7, 11) is 0.